The lowest BCUT2D eigenvalue weighted by molar-refractivity contribution is 0.118. The fourth-order valence-corrected chi connectivity index (χ4v) is 4.98. The Balaban J connectivity index is 1.62. The van der Waals surface area contributed by atoms with Crippen LogP contribution in [-0.2, 0) is 6.54 Å². The molecule has 2 aliphatic rings. The van der Waals surface area contributed by atoms with Gasteiger partial charge in [-0.3, -0.25) is 9.80 Å². The highest BCUT2D eigenvalue weighted by atomic mass is 35.5. The summed E-state index contributed by atoms with van der Waals surface area (Å²) in [6.07, 6.45) is 0.880. The molecule has 0 aliphatic carbocycles. The van der Waals surface area contributed by atoms with Gasteiger partial charge < -0.3 is 29.9 Å². The number of aliphatic hydroxyl groups excluding tert-OH is 1. The van der Waals surface area contributed by atoms with Gasteiger partial charge in [0.2, 0.25) is 5.95 Å². The van der Waals surface area contributed by atoms with Crippen molar-refractivity contribution in [1.29, 1.82) is 0 Å². The van der Waals surface area contributed by atoms with Gasteiger partial charge in [-0.05, 0) is 6.42 Å². The monoisotopic (exact) mass is 526 g/mol. The number of nitrogens with one attached hydrogen (secondary N) is 1. The van der Waals surface area contributed by atoms with Gasteiger partial charge in [-0.25, -0.2) is 14.6 Å². The van der Waals surface area contributed by atoms with Crippen molar-refractivity contribution >= 4 is 52.8 Å². The summed E-state index contributed by atoms with van der Waals surface area (Å²) in [6, 6.07) is 0.315. The van der Waals surface area contributed by atoms with Gasteiger partial charge in [0, 0.05) is 37.5 Å². The van der Waals surface area contributed by atoms with E-state index in [0.29, 0.717) is 29.3 Å². The van der Waals surface area contributed by atoms with Crippen LogP contribution in [0.5, 0.6) is 11.5 Å². The molecule has 1 aromatic heterocycles. The van der Waals surface area contributed by atoms with Crippen LogP contribution < -0.4 is 24.6 Å². The van der Waals surface area contributed by atoms with E-state index in [-0.39, 0.29) is 47.4 Å². The van der Waals surface area contributed by atoms with E-state index < -0.39 is 18.2 Å². The zero-order valence-corrected chi connectivity index (χ0v) is 20.7. The molecule has 2 aliphatic heterocycles. The van der Waals surface area contributed by atoms with Gasteiger partial charge in [0.1, 0.15) is 27.4 Å². The van der Waals surface area contributed by atoms with E-state index >= 15 is 0 Å². The zero-order chi connectivity index (χ0) is 25.4. The van der Waals surface area contributed by atoms with Crippen molar-refractivity contribution in [2.75, 3.05) is 49.5 Å². The number of aliphatic hydroxyl groups is 1. The lowest BCUT2D eigenvalue weighted by Gasteiger charge is -2.35. The highest BCUT2D eigenvalue weighted by Crippen LogP contribution is 2.47. The first-order valence-corrected chi connectivity index (χ1v) is 11.3. The maximum absolute atomic E-state index is 13.3. The molecule has 1 fully saturated rings. The van der Waals surface area contributed by atoms with Crippen molar-refractivity contribution in [2.24, 2.45) is 0 Å². The molecule has 0 radical (unpaired) electrons. The molecule has 188 valence electrons. The molecular formula is C21H24Cl2N6O6. The molecule has 3 amide bonds. The number of carbonyl (C=O) groups is 2. The van der Waals surface area contributed by atoms with Gasteiger partial charge in [-0.1, -0.05) is 23.2 Å². The number of nitrogens with zero attached hydrogens (tertiary/aromatic N) is 5. The number of halogens is 2. The van der Waals surface area contributed by atoms with Crippen LogP contribution in [-0.4, -0.2) is 83.7 Å². The highest BCUT2D eigenvalue weighted by Gasteiger charge is 2.37. The molecule has 4 rings (SSSR count). The van der Waals surface area contributed by atoms with Crippen molar-refractivity contribution in [1.82, 2.24) is 14.9 Å². The summed E-state index contributed by atoms with van der Waals surface area (Å²) in [4.78, 5) is 37.5. The zero-order valence-electron chi connectivity index (χ0n) is 19.2. The average Bonchev–Trinajstić information content (AvgIpc) is 3.26. The Morgan fingerprint density at radius 1 is 1.26 bits per heavy atom. The van der Waals surface area contributed by atoms with Crippen LogP contribution in [0.4, 0.5) is 27.0 Å². The molecule has 12 nitrogen and oxygen atoms in total. The SMILES string of the molecule is COc1cc(OC)c(Cl)c(N2Cc3cnc(N[C@H]4C[C@@H](CO)N(C(=O)O)C4)nc3N(C)C2=O)c1Cl. The third kappa shape index (κ3) is 4.44. The molecular weight excluding hydrogens is 503 g/mol. The van der Waals surface area contributed by atoms with Crippen LogP contribution in [0.1, 0.15) is 12.0 Å². The number of benzene rings is 1. The smallest absolute Gasteiger partial charge is 0.407 e. The fraction of sp³-hybridized carbons (Fsp3) is 0.429. The maximum atomic E-state index is 13.3. The van der Waals surface area contributed by atoms with Gasteiger partial charge in [-0.15, -0.1) is 0 Å². The largest absolute Gasteiger partial charge is 0.495 e. The summed E-state index contributed by atoms with van der Waals surface area (Å²) >= 11 is 13.0. The Labute approximate surface area is 211 Å². The van der Waals surface area contributed by atoms with E-state index in [9.17, 15) is 19.8 Å². The van der Waals surface area contributed by atoms with Gasteiger partial charge >= 0.3 is 12.1 Å². The van der Waals surface area contributed by atoms with Crippen molar-refractivity contribution < 1.29 is 29.3 Å². The van der Waals surface area contributed by atoms with E-state index in [0.717, 1.165) is 0 Å². The Morgan fingerprint density at radius 3 is 2.46 bits per heavy atom. The molecule has 2 atom stereocenters. The molecule has 0 bridgehead atoms. The topological polar surface area (TPSA) is 141 Å². The number of carbonyl (C=O) groups excluding carboxylic acids is 1. The average molecular weight is 527 g/mol. The van der Waals surface area contributed by atoms with E-state index in [1.54, 1.807) is 13.2 Å². The summed E-state index contributed by atoms with van der Waals surface area (Å²) in [7, 11) is 4.46. The number of ether oxygens (including phenoxy) is 2. The van der Waals surface area contributed by atoms with Crippen molar-refractivity contribution in [3.8, 4) is 11.5 Å². The molecule has 0 spiro atoms. The molecule has 3 heterocycles. The Morgan fingerprint density at radius 2 is 1.91 bits per heavy atom. The number of amides is 3. The van der Waals surface area contributed by atoms with Gasteiger partial charge in [0.15, 0.2) is 0 Å². The molecule has 2 aromatic rings. The number of fused-ring (bicyclic) bond motifs is 1. The van der Waals surface area contributed by atoms with Crippen LogP contribution in [0.3, 0.4) is 0 Å². The van der Waals surface area contributed by atoms with Gasteiger partial charge in [0.25, 0.3) is 0 Å². The number of anilines is 3. The minimum atomic E-state index is -1.10. The molecule has 0 unspecified atom stereocenters. The van der Waals surface area contributed by atoms with Crippen LogP contribution in [0, 0.1) is 0 Å². The van der Waals surface area contributed by atoms with Crippen molar-refractivity contribution in [3.05, 3.63) is 27.9 Å². The first-order valence-electron chi connectivity index (χ1n) is 10.6. The van der Waals surface area contributed by atoms with Crippen LogP contribution in [0.2, 0.25) is 10.0 Å². The molecule has 1 saturated heterocycles. The van der Waals surface area contributed by atoms with Crippen molar-refractivity contribution in [2.45, 2.75) is 25.0 Å². The summed E-state index contributed by atoms with van der Waals surface area (Å²) in [5, 5.41) is 22.2. The molecule has 0 saturated carbocycles. The van der Waals surface area contributed by atoms with Crippen LogP contribution in [0.15, 0.2) is 12.3 Å². The second kappa shape index (κ2) is 9.80. The van der Waals surface area contributed by atoms with E-state index in [2.05, 4.69) is 15.3 Å². The highest BCUT2D eigenvalue weighted by molar-refractivity contribution is 6.42. The Bertz CT molecular complexity index is 1140. The lowest BCUT2D eigenvalue weighted by atomic mass is 10.1. The van der Waals surface area contributed by atoms with Crippen LogP contribution in [0.25, 0.3) is 0 Å². The third-order valence-electron chi connectivity index (χ3n) is 6.03. The van der Waals surface area contributed by atoms with E-state index in [4.69, 9.17) is 32.7 Å². The Hall–Kier alpha value is -3.22. The molecule has 35 heavy (non-hydrogen) atoms. The molecule has 1 aromatic carbocycles. The fourth-order valence-electron chi connectivity index (χ4n) is 4.27. The quantitative estimate of drug-likeness (QED) is 0.517. The van der Waals surface area contributed by atoms with Gasteiger partial charge in [-0.2, -0.15) is 4.98 Å². The number of hydrogen-bond donors (Lipinski definition) is 3. The number of likely N-dealkylation sites (tertiary alicyclic amines) is 1. The third-order valence-corrected chi connectivity index (χ3v) is 6.76. The second-order valence-corrected chi connectivity index (χ2v) is 8.83. The maximum Gasteiger partial charge on any atom is 0.407 e. The van der Waals surface area contributed by atoms with E-state index in [1.807, 2.05) is 0 Å². The number of rotatable bonds is 6. The van der Waals surface area contributed by atoms with E-state index in [1.165, 1.54) is 35.0 Å². The standard InChI is InChI=1S/C21H24Cl2N6O6/c1-27-18-10(6-24-19(26-18)25-11-4-12(9-30)28(8-11)21(32)33)7-29(20(27)31)17-15(22)13(34-2)5-14(35-3)16(17)23/h5-6,11-12,30H,4,7-9H2,1-3H3,(H,32,33)(H,24,25,26)/t11-,12-/m0/s1. The van der Waals surface area contributed by atoms with Gasteiger partial charge in [0.05, 0.1) is 39.1 Å². The molecule has 3 N–H and O–H groups in total. The predicted octanol–water partition coefficient (Wildman–Crippen LogP) is 2.90. The lowest BCUT2D eigenvalue weighted by Crippen LogP contribution is -2.46. The minimum Gasteiger partial charge on any atom is -0.495 e. The van der Waals surface area contributed by atoms with Crippen molar-refractivity contribution in [3.63, 3.8) is 0 Å². The summed E-state index contributed by atoms with van der Waals surface area (Å²) in [6.45, 7) is -0.00163. The Kier molecular flexibility index (Phi) is 6.97. The number of methoxy groups -OCH3 is 2. The number of urea groups is 1. The second-order valence-electron chi connectivity index (χ2n) is 8.08. The number of aromatic nitrogens is 2. The van der Waals surface area contributed by atoms with Crippen LogP contribution >= 0.6 is 23.2 Å². The minimum absolute atomic E-state index is 0.0946. The summed E-state index contributed by atoms with van der Waals surface area (Å²) in [5.74, 6) is 1.23. The number of carboxylic acid groups (broad SMARTS) is 1. The predicted molar refractivity (Wildman–Crippen MR) is 129 cm³/mol. The summed E-state index contributed by atoms with van der Waals surface area (Å²) < 4.78 is 10.6. The molecule has 14 heteroatoms. The first kappa shape index (κ1) is 24.9. The summed E-state index contributed by atoms with van der Waals surface area (Å²) in [5.41, 5.74) is 0.877. The first-order chi connectivity index (χ1) is 16.7. The normalized spacial score (nSPS) is 19.6. The number of hydrogen-bond acceptors (Lipinski definition) is 8.